The van der Waals surface area contributed by atoms with Crippen molar-refractivity contribution >= 4 is 11.7 Å². The molecule has 1 aromatic rings. The van der Waals surface area contributed by atoms with Gasteiger partial charge in [0, 0.05) is 18.7 Å². The van der Waals surface area contributed by atoms with E-state index in [4.69, 9.17) is 0 Å². The fourth-order valence-corrected chi connectivity index (χ4v) is 1.69. The number of nitrogens with one attached hydrogen (secondary N) is 2. The van der Waals surface area contributed by atoms with Gasteiger partial charge in [0.15, 0.2) is 11.8 Å². The Morgan fingerprint density at radius 3 is 2.56 bits per heavy atom. The predicted molar refractivity (Wildman–Crippen MR) is 60.3 cm³/mol. The van der Waals surface area contributed by atoms with Gasteiger partial charge >= 0.3 is 0 Å². The van der Waals surface area contributed by atoms with Crippen LogP contribution in [0.1, 0.15) is 15.9 Å². The summed E-state index contributed by atoms with van der Waals surface area (Å²) in [4.78, 5) is 23.5. The summed E-state index contributed by atoms with van der Waals surface area (Å²) in [6.45, 7) is 3.17. The van der Waals surface area contributed by atoms with Crippen LogP contribution in [0.25, 0.3) is 0 Å². The minimum absolute atomic E-state index is 0.169. The van der Waals surface area contributed by atoms with Crippen molar-refractivity contribution in [3.8, 4) is 0 Å². The van der Waals surface area contributed by atoms with Gasteiger partial charge in [-0.25, -0.2) is 0 Å². The van der Waals surface area contributed by atoms with E-state index in [9.17, 15) is 9.59 Å². The first kappa shape index (κ1) is 10.8. The minimum Gasteiger partial charge on any atom is -0.353 e. The van der Waals surface area contributed by atoms with Crippen LogP contribution in [0, 0.1) is 6.92 Å². The molecule has 1 aromatic carbocycles. The first-order chi connectivity index (χ1) is 7.68. The molecule has 0 radical (unpaired) electrons. The molecular formula is C12H14N2O2. The second-order valence-corrected chi connectivity index (χ2v) is 3.91. The molecule has 1 fully saturated rings. The lowest BCUT2D eigenvalue weighted by molar-refractivity contribution is -0.123. The third kappa shape index (κ3) is 2.12. The maximum absolute atomic E-state index is 12.0. The van der Waals surface area contributed by atoms with Crippen molar-refractivity contribution < 1.29 is 9.59 Å². The molecule has 0 unspecified atom stereocenters. The third-order valence-electron chi connectivity index (χ3n) is 2.63. The largest absolute Gasteiger partial charge is 0.353 e. The number of ketones is 1. The van der Waals surface area contributed by atoms with Crippen LogP contribution in [-0.4, -0.2) is 30.8 Å². The molecule has 1 atom stereocenters. The summed E-state index contributed by atoms with van der Waals surface area (Å²) < 4.78 is 0. The van der Waals surface area contributed by atoms with Crippen LogP contribution in [-0.2, 0) is 4.79 Å². The highest BCUT2D eigenvalue weighted by Gasteiger charge is 2.29. The van der Waals surface area contributed by atoms with Crippen LogP contribution in [0.5, 0.6) is 0 Å². The van der Waals surface area contributed by atoms with E-state index in [2.05, 4.69) is 10.6 Å². The number of amides is 1. The quantitative estimate of drug-likeness (QED) is 0.553. The lowest BCUT2D eigenvalue weighted by Gasteiger charge is -2.22. The smallest absolute Gasteiger partial charge is 0.245 e. The van der Waals surface area contributed by atoms with Gasteiger partial charge in [0.25, 0.3) is 0 Å². The zero-order valence-electron chi connectivity index (χ0n) is 9.12. The van der Waals surface area contributed by atoms with Crippen LogP contribution < -0.4 is 10.6 Å². The fraction of sp³-hybridized carbons (Fsp3) is 0.333. The molecule has 4 heteroatoms. The standard InChI is InChI=1S/C12H14N2O2/c1-8-2-4-9(5-3-8)11(15)10-12(16)14-7-6-13-10/h2-5,10,13H,6-7H2,1H3,(H,14,16)/t10-/m1/s1. The molecule has 0 spiro atoms. The van der Waals surface area contributed by atoms with Crippen LogP contribution in [0.4, 0.5) is 0 Å². The van der Waals surface area contributed by atoms with E-state index in [-0.39, 0.29) is 11.7 Å². The van der Waals surface area contributed by atoms with Crippen molar-refractivity contribution in [2.45, 2.75) is 13.0 Å². The average Bonchev–Trinajstić information content (AvgIpc) is 2.30. The number of Topliss-reactive ketones (excluding diaryl/α,β-unsaturated/α-hetero) is 1. The van der Waals surface area contributed by atoms with E-state index in [1.54, 1.807) is 12.1 Å². The average molecular weight is 218 g/mol. The van der Waals surface area contributed by atoms with E-state index in [0.29, 0.717) is 18.7 Å². The van der Waals surface area contributed by atoms with Gasteiger partial charge in [-0.05, 0) is 6.92 Å². The van der Waals surface area contributed by atoms with Crippen molar-refractivity contribution in [3.63, 3.8) is 0 Å². The van der Waals surface area contributed by atoms with Crippen molar-refractivity contribution in [2.24, 2.45) is 0 Å². The molecule has 0 bridgehead atoms. The summed E-state index contributed by atoms with van der Waals surface area (Å²) in [7, 11) is 0. The van der Waals surface area contributed by atoms with Gasteiger partial charge in [0.05, 0.1) is 0 Å². The van der Waals surface area contributed by atoms with Crippen LogP contribution in [0.3, 0.4) is 0 Å². The number of carbonyl (C=O) groups excluding carboxylic acids is 2. The number of hydrogen-bond donors (Lipinski definition) is 2. The SMILES string of the molecule is Cc1ccc(C(=O)[C@H]2NCCNC2=O)cc1. The Balaban J connectivity index is 2.17. The molecule has 84 valence electrons. The lowest BCUT2D eigenvalue weighted by Crippen LogP contribution is -2.56. The van der Waals surface area contributed by atoms with Gasteiger partial charge < -0.3 is 5.32 Å². The van der Waals surface area contributed by atoms with Gasteiger partial charge in [-0.15, -0.1) is 0 Å². The molecule has 16 heavy (non-hydrogen) atoms. The molecule has 1 heterocycles. The molecule has 1 aliphatic rings. The molecule has 2 N–H and O–H groups in total. The normalized spacial score (nSPS) is 20.3. The predicted octanol–water partition coefficient (Wildman–Crippen LogP) is 0.266. The number of piperazine rings is 1. The first-order valence-corrected chi connectivity index (χ1v) is 5.30. The van der Waals surface area contributed by atoms with E-state index in [1.165, 1.54) is 0 Å². The number of rotatable bonds is 2. The summed E-state index contributed by atoms with van der Waals surface area (Å²) in [5.74, 6) is -0.408. The van der Waals surface area contributed by atoms with Gasteiger partial charge in [0.1, 0.15) is 0 Å². The van der Waals surface area contributed by atoms with Crippen molar-refractivity contribution in [1.82, 2.24) is 10.6 Å². The van der Waals surface area contributed by atoms with E-state index in [0.717, 1.165) is 5.56 Å². The first-order valence-electron chi connectivity index (χ1n) is 5.30. The van der Waals surface area contributed by atoms with Crippen LogP contribution in [0.15, 0.2) is 24.3 Å². The molecule has 0 aromatic heterocycles. The van der Waals surface area contributed by atoms with Crippen molar-refractivity contribution in [3.05, 3.63) is 35.4 Å². The summed E-state index contributed by atoms with van der Waals surface area (Å²) >= 11 is 0. The summed E-state index contributed by atoms with van der Waals surface area (Å²) in [6, 6.07) is 6.50. The highest BCUT2D eigenvalue weighted by molar-refractivity contribution is 6.13. The number of aryl methyl sites for hydroxylation is 1. The van der Waals surface area contributed by atoms with Gasteiger partial charge in [0.2, 0.25) is 5.91 Å². The van der Waals surface area contributed by atoms with Gasteiger partial charge in [-0.3, -0.25) is 14.9 Å². The topological polar surface area (TPSA) is 58.2 Å². The maximum Gasteiger partial charge on any atom is 0.245 e. The molecule has 0 aliphatic carbocycles. The van der Waals surface area contributed by atoms with E-state index < -0.39 is 6.04 Å². The Hall–Kier alpha value is -1.68. The number of carbonyl (C=O) groups is 2. The highest BCUT2D eigenvalue weighted by atomic mass is 16.2. The Kier molecular flexibility index (Phi) is 3.01. The van der Waals surface area contributed by atoms with Crippen LogP contribution in [0.2, 0.25) is 0 Å². The van der Waals surface area contributed by atoms with Crippen molar-refractivity contribution in [2.75, 3.05) is 13.1 Å². The van der Waals surface area contributed by atoms with Crippen molar-refractivity contribution in [1.29, 1.82) is 0 Å². The van der Waals surface area contributed by atoms with Gasteiger partial charge in [-0.2, -0.15) is 0 Å². The summed E-state index contributed by atoms with van der Waals surface area (Å²) in [5.41, 5.74) is 1.66. The minimum atomic E-state index is -0.739. The molecule has 1 saturated heterocycles. The second kappa shape index (κ2) is 4.45. The molecular weight excluding hydrogens is 204 g/mol. The molecule has 2 rings (SSSR count). The Morgan fingerprint density at radius 1 is 1.25 bits per heavy atom. The van der Waals surface area contributed by atoms with E-state index in [1.807, 2.05) is 19.1 Å². The molecule has 0 saturated carbocycles. The summed E-state index contributed by atoms with van der Waals surface area (Å²) in [6.07, 6.45) is 0. The Bertz CT molecular complexity index is 412. The molecule has 4 nitrogen and oxygen atoms in total. The number of benzene rings is 1. The zero-order chi connectivity index (χ0) is 11.5. The monoisotopic (exact) mass is 218 g/mol. The third-order valence-corrected chi connectivity index (χ3v) is 2.63. The zero-order valence-corrected chi connectivity index (χ0v) is 9.12. The highest BCUT2D eigenvalue weighted by Crippen LogP contribution is 2.07. The van der Waals surface area contributed by atoms with E-state index >= 15 is 0 Å². The number of hydrogen-bond acceptors (Lipinski definition) is 3. The lowest BCUT2D eigenvalue weighted by atomic mass is 10.0. The Labute approximate surface area is 94.0 Å². The molecule has 1 amide bonds. The molecule has 1 aliphatic heterocycles. The maximum atomic E-state index is 12.0. The van der Waals surface area contributed by atoms with Crippen LogP contribution >= 0.6 is 0 Å². The second-order valence-electron chi connectivity index (χ2n) is 3.91. The fourth-order valence-electron chi connectivity index (χ4n) is 1.69. The summed E-state index contributed by atoms with van der Waals surface area (Å²) in [5, 5.41) is 5.59. The van der Waals surface area contributed by atoms with Gasteiger partial charge in [-0.1, -0.05) is 29.8 Å². The Morgan fingerprint density at radius 2 is 1.94 bits per heavy atom.